The summed E-state index contributed by atoms with van der Waals surface area (Å²) in [6.45, 7) is 7.21. The molecule has 1 aliphatic rings. The molecule has 1 aromatic rings. The molecule has 3 nitrogen and oxygen atoms in total. The summed E-state index contributed by atoms with van der Waals surface area (Å²) in [5, 5.41) is 3.39. The van der Waals surface area contributed by atoms with Crippen LogP contribution in [0, 0.1) is 0 Å². The van der Waals surface area contributed by atoms with Crippen molar-refractivity contribution in [2.75, 3.05) is 19.6 Å². The standard InChI is InChI=1S/C18H28N2O.ClH/c1-3-14-20(16-10-12-19-13-11-16)18(21)17(4-2)15-8-6-5-7-9-15;/h5-9,16-17,19H,3-4,10-14H2,1-2H3;1H. The third-order valence-electron chi connectivity index (χ3n) is 4.41. The minimum Gasteiger partial charge on any atom is -0.339 e. The minimum atomic E-state index is 0. The molecule has 0 bridgehead atoms. The van der Waals surface area contributed by atoms with Crippen molar-refractivity contribution >= 4 is 18.3 Å². The number of nitrogens with zero attached hydrogens (tertiary/aromatic N) is 1. The van der Waals surface area contributed by atoms with Crippen LogP contribution >= 0.6 is 12.4 Å². The van der Waals surface area contributed by atoms with Crippen LogP contribution in [0.1, 0.15) is 51.0 Å². The monoisotopic (exact) mass is 324 g/mol. The Kier molecular flexibility index (Phi) is 8.51. The van der Waals surface area contributed by atoms with Crippen LogP contribution in [0.2, 0.25) is 0 Å². The topological polar surface area (TPSA) is 32.3 Å². The average molecular weight is 325 g/mol. The van der Waals surface area contributed by atoms with E-state index >= 15 is 0 Å². The first-order valence-electron chi connectivity index (χ1n) is 8.34. The number of halogens is 1. The first-order chi connectivity index (χ1) is 10.3. The zero-order chi connectivity index (χ0) is 15.1. The van der Waals surface area contributed by atoms with E-state index in [4.69, 9.17) is 0 Å². The molecule has 22 heavy (non-hydrogen) atoms. The van der Waals surface area contributed by atoms with Crippen molar-refractivity contribution < 1.29 is 4.79 Å². The first-order valence-corrected chi connectivity index (χ1v) is 8.34. The molecular weight excluding hydrogens is 296 g/mol. The zero-order valence-electron chi connectivity index (χ0n) is 13.8. The number of hydrogen-bond donors (Lipinski definition) is 1. The van der Waals surface area contributed by atoms with Gasteiger partial charge in [0.15, 0.2) is 0 Å². The van der Waals surface area contributed by atoms with Crippen molar-refractivity contribution in [3.05, 3.63) is 35.9 Å². The summed E-state index contributed by atoms with van der Waals surface area (Å²) in [6.07, 6.45) is 4.06. The number of carbonyl (C=O) groups excluding carboxylic acids is 1. The Morgan fingerprint density at radius 2 is 1.86 bits per heavy atom. The molecule has 1 aliphatic heterocycles. The van der Waals surface area contributed by atoms with E-state index in [1.807, 2.05) is 18.2 Å². The quantitative estimate of drug-likeness (QED) is 0.867. The molecule has 0 aliphatic carbocycles. The van der Waals surface area contributed by atoms with Crippen LogP contribution in [0.25, 0.3) is 0 Å². The van der Waals surface area contributed by atoms with Gasteiger partial charge in [-0.25, -0.2) is 0 Å². The second-order valence-electron chi connectivity index (χ2n) is 5.88. The van der Waals surface area contributed by atoms with Gasteiger partial charge in [0.2, 0.25) is 5.91 Å². The van der Waals surface area contributed by atoms with E-state index in [1.165, 1.54) is 0 Å². The Bertz CT molecular complexity index is 432. The molecule has 0 aromatic heterocycles. The van der Waals surface area contributed by atoms with Gasteiger partial charge in [0.25, 0.3) is 0 Å². The molecule has 1 saturated heterocycles. The minimum absolute atomic E-state index is 0. The van der Waals surface area contributed by atoms with E-state index in [1.54, 1.807) is 0 Å². The molecule has 0 spiro atoms. The van der Waals surface area contributed by atoms with Gasteiger partial charge in [-0.2, -0.15) is 0 Å². The van der Waals surface area contributed by atoms with Crippen molar-refractivity contribution in [1.82, 2.24) is 10.2 Å². The van der Waals surface area contributed by atoms with Gasteiger partial charge in [0.05, 0.1) is 5.92 Å². The smallest absolute Gasteiger partial charge is 0.230 e. The lowest BCUT2D eigenvalue weighted by atomic mass is 9.93. The van der Waals surface area contributed by atoms with Gasteiger partial charge in [-0.1, -0.05) is 44.2 Å². The Morgan fingerprint density at radius 3 is 2.41 bits per heavy atom. The van der Waals surface area contributed by atoms with Crippen molar-refractivity contribution in [2.45, 2.75) is 51.5 Å². The van der Waals surface area contributed by atoms with Crippen LogP contribution in [0.15, 0.2) is 30.3 Å². The summed E-state index contributed by atoms with van der Waals surface area (Å²) in [5.74, 6) is 0.324. The summed E-state index contributed by atoms with van der Waals surface area (Å²) < 4.78 is 0. The van der Waals surface area contributed by atoms with Gasteiger partial charge >= 0.3 is 0 Å². The summed E-state index contributed by atoms with van der Waals surface area (Å²) in [6, 6.07) is 10.6. The molecule has 1 heterocycles. The highest BCUT2D eigenvalue weighted by Gasteiger charge is 2.29. The SMILES string of the molecule is CCCN(C(=O)C(CC)c1ccccc1)C1CCNCC1.Cl. The highest BCUT2D eigenvalue weighted by Crippen LogP contribution is 2.25. The fourth-order valence-electron chi connectivity index (χ4n) is 3.27. The number of carbonyl (C=O) groups is 1. The number of piperidine rings is 1. The van der Waals surface area contributed by atoms with Gasteiger partial charge in [-0.15, -0.1) is 12.4 Å². The Hall–Kier alpha value is -1.06. The van der Waals surface area contributed by atoms with Crippen LogP contribution in [-0.2, 0) is 4.79 Å². The van der Waals surface area contributed by atoms with E-state index in [9.17, 15) is 4.79 Å². The van der Waals surface area contributed by atoms with Gasteiger partial charge in [0, 0.05) is 12.6 Å². The van der Waals surface area contributed by atoms with Gasteiger partial charge < -0.3 is 10.2 Å². The fraction of sp³-hybridized carbons (Fsp3) is 0.611. The molecule has 2 rings (SSSR count). The molecule has 1 amide bonds. The van der Waals surface area contributed by atoms with Crippen LogP contribution in [-0.4, -0.2) is 36.5 Å². The summed E-state index contributed by atoms with van der Waals surface area (Å²) in [5.41, 5.74) is 1.15. The van der Waals surface area contributed by atoms with E-state index in [-0.39, 0.29) is 18.3 Å². The second kappa shape index (κ2) is 9.86. The molecule has 0 radical (unpaired) electrons. The molecule has 4 heteroatoms. The lowest BCUT2D eigenvalue weighted by Gasteiger charge is -2.36. The number of benzene rings is 1. The molecular formula is C18H29ClN2O. The van der Waals surface area contributed by atoms with E-state index in [2.05, 4.69) is 36.2 Å². The highest BCUT2D eigenvalue weighted by atomic mass is 35.5. The maximum Gasteiger partial charge on any atom is 0.230 e. The molecule has 1 atom stereocenters. The Labute approximate surface area is 140 Å². The van der Waals surface area contributed by atoms with Gasteiger partial charge in [-0.05, 0) is 44.3 Å². The van der Waals surface area contributed by atoms with Crippen molar-refractivity contribution in [1.29, 1.82) is 0 Å². The average Bonchev–Trinajstić information content (AvgIpc) is 2.55. The maximum atomic E-state index is 13.1. The number of nitrogens with one attached hydrogen (secondary N) is 1. The molecule has 1 N–H and O–H groups in total. The normalized spacial score (nSPS) is 16.6. The molecule has 0 saturated carbocycles. The third-order valence-corrected chi connectivity index (χ3v) is 4.41. The molecule has 1 unspecified atom stereocenters. The van der Waals surface area contributed by atoms with Crippen LogP contribution < -0.4 is 5.32 Å². The third kappa shape index (κ3) is 4.72. The highest BCUT2D eigenvalue weighted by molar-refractivity contribution is 5.85. The van der Waals surface area contributed by atoms with Crippen LogP contribution in [0.5, 0.6) is 0 Å². The second-order valence-corrected chi connectivity index (χ2v) is 5.88. The van der Waals surface area contributed by atoms with Crippen molar-refractivity contribution in [3.63, 3.8) is 0 Å². The van der Waals surface area contributed by atoms with Crippen LogP contribution in [0.3, 0.4) is 0 Å². The zero-order valence-corrected chi connectivity index (χ0v) is 14.6. The lowest BCUT2D eigenvalue weighted by molar-refractivity contribution is -0.135. The van der Waals surface area contributed by atoms with E-state index in [0.717, 1.165) is 50.9 Å². The Balaban J connectivity index is 0.00000242. The lowest BCUT2D eigenvalue weighted by Crippen LogP contribution is -2.48. The largest absolute Gasteiger partial charge is 0.339 e. The number of amides is 1. The predicted molar refractivity (Wildman–Crippen MR) is 94.6 cm³/mol. The van der Waals surface area contributed by atoms with E-state index < -0.39 is 0 Å². The number of hydrogen-bond acceptors (Lipinski definition) is 2. The summed E-state index contributed by atoms with van der Waals surface area (Å²) in [4.78, 5) is 15.2. The summed E-state index contributed by atoms with van der Waals surface area (Å²) >= 11 is 0. The van der Waals surface area contributed by atoms with Crippen LogP contribution in [0.4, 0.5) is 0 Å². The van der Waals surface area contributed by atoms with Gasteiger partial charge in [0.1, 0.15) is 0 Å². The Morgan fingerprint density at radius 1 is 1.23 bits per heavy atom. The predicted octanol–water partition coefficient (Wildman–Crippen LogP) is 3.59. The summed E-state index contributed by atoms with van der Waals surface area (Å²) in [7, 11) is 0. The van der Waals surface area contributed by atoms with Crippen molar-refractivity contribution in [3.8, 4) is 0 Å². The molecule has 124 valence electrons. The molecule has 1 fully saturated rings. The van der Waals surface area contributed by atoms with Gasteiger partial charge in [-0.3, -0.25) is 4.79 Å². The maximum absolute atomic E-state index is 13.1. The van der Waals surface area contributed by atoms with Crippen molar-refractivity contribution in [2.24, 2.45) is 0 Å². The fourth-order valence-corrected chi connectivity index (χ4v) is 3.27. The first kappa shape index (κ1) is 19.0. The van der Waals surface area contributed by atoms with E-state index in [0.29, 0.717) is 11.9 Å². The molecule has 1 aromatic carbocycles. The number of rotatable bonds is 6.